The van der Waals surface area contributed by atoms with Gasteiger partial charge in [0.05, 0.1) is 5.25 Å². The topological polar surface area (TPSA) is 43.1 Å². The average Bonchev–Trinajstić information content (AvgIpc) is 1.69. The summed E-state index contributed by atoms with van der Waals surface area (Å²) in [6.07, 6.45) is 1.89. The average molecular weight is 133 g/mol. The van der Waals surface area contributed by atoms with Crippen LogP contribution in [0.1, 0.15) is 6.92 Å². The molecule has 0 rings (SSSR count). The van der Waals surface area contributed by atoms with E-state index in [2.05, 4.69) is 0 Å². The molecule has 0 aliphatic rings. The molecule has 0 amide bonds. The summed E-state index contributed by atoms with van der Waals surface area (Å²) in [5.41, 5.74) is 5.24. The third kappa shape index (κ3) is 2.33. The van der Waals surface area contributed by atoms with E-state index < -0.39 is 0 Å². The van der Waals surface area contributed by atoms with Crippen molar-refractivity contribution in [2.24, 2.45) is 5.73 Å². The minimum Gasteiger partial charge on any atom is -0.329 e. The normalized spacial score (nSPS) is 13.4. The van der Waals surface area contributed by atoms with Crippen molar-refractivity contribution < 1.29 is 4.79 Å². The number of Topliss-reactive ketones (excluding diaryl/α,β-unsaturated/α-hetero) is 1. The maximum atomic E-state index is 10.5. The number of nitrogens with two attached hydrogens (primary N) is 1. The molecule has 1 unspecified atom stereocenters. The Kier molecular flexibility index (Phi) is 3.91. The molecule has 0 aromatic rings. The zero-order valence-corrected chi connectivity index (χ0v) is 5.99. The summed E-state index contributed by atoms with van der Waals surface area (Å²) in [5.74, 6) is 0.167. The minimum atomic E-state index is 0.00926. The van der Waals surface area contributed by atoms with Gasteiger partial charge in [-0.2, -0.15) is 11.8 Å². The van der Waals surface area contributed by atoms with E-state index in [9.17, 15) is 4.79 Å². The third-order valence-electron chi connectivity index (χ3n) is 0.952. The van der Waals surface area contributed by atoms with Crippen LogP contribution >= 0.6 is 11.8 Å². The molecule has 3 heteroatoms. The molecule has 0 bridgehead atoms. The predicted octanol–water partition coefficient (Wildman–Crippen LogP) is 0.266. The molecular weight excluding hydrogens is 122 g/mol. The standard InChI is InChI=1S/C5H11NOS/c1-4(7)5(3-6)8-2/h5H,3,6H2,1-2H3. The maximum Gasteiger partial charge on any atom is 0.144 e. The van der Waals surface area contributed by atoms with Gasteiger partial charge < -0.3 is 5.73 Å². The van der Waals surface area contributed by atoms with E-state index in [1.165, 1.54) is 11.8 Å². The first-order valence-electron chi connectivity index (χ1n) is 2.45. The Morgan fingerprint density at radius 1 is 1.88 bits per heavy atom. The van der Waals surface area contributed by atoms with Crippen molar-refractivity contribution in [3.8, 4) is 0 Å². The van der Waals surface area contributed by atoms with Crippen LogP contribution in [0.4, 0.5) is 0 Å². The molecule has 2 N–H and O–H groups in total. The van der Waals surface area contributed by atoms with Gasteiger partial charge in [0.15, 0.2) is 0 Å². The van der Waals surface area contributed by atoms with Crippen LogP contribution in [0.5, 0.6) is 0 Å². The summed E-state index contributed by atoms with van der Waals surface area (Å²) < 4.78 is 0. The second-order valence-corrected chi connectivity index (χ2v) is 2.61. The lowest BCUT2D eigenvalue weighted by Crippen LogP contribution is -2.23. The summed E-state index contributed by atoms with van der Waals surface area (Å²) in [4.78, 5) is 10.5. The van der Waals surface area contributed by atoms with Crippen molar-refractivity contribution in [2.75, 3.05) is 12.8 Å². The van der Waals surface area contributed by atoms with Crippen molar-refractivity contribution in [3.63, 3.8) is 0 Å². The van der Waals surface area contributed by atoms with Crippen molar-refractivity contribution in [3.05, 3.63) is 0 Å². The number of ketones is 1. The number of rotatable bonds is 3. The van der Waals surface area contributed by atoms with E-state index in [4.69, 9.17) is 5.73 Å². The fraction of sp³-hybridized carbons (Fsp3) is 0.800. The summed E-state index contributed by atoms with van der Waals surface area (Å²) in [7, 11) is 0. The van der Waals surface area contributed by atoms with Crippen LogP contribution in [0.25, 0.3) is 0 Å². The molecule has 0 aromatic carbocycles. The Morgan fingerprint density at radius 3 is 2.38 bits per heavy atom. The van der Waals surface area contributed by atoms with Gasteiger partial charge in [-0.3, -0.25) is 4.79 Å². The lowest BCUT2D eigenvalue weighted by Gasteiger charge is -2.04. The largest absolute Gasteiger partial charge is 0.329 e. The number of carbonyl (C=O) groups is 1. The molecule has 48 valence electrons. The highest BCUT2D eigenvalue weighted by atomic mass is 32.2. The first-order valence-corrected chi connectivity index (χ1v) is 3.74. The highest BCUT2D eigenvalue weighted by Gasteiger charge is 2.07. The van der Waals surface area contributed by atoms with Crippen LogP contribution in [-0.4, -0.2) is 23.8 Å². The number of thioether (sulfide) groups is 1. The quantitative estimate of drug-likeness (QED) is 0.600. The molecular formula is C5H11NOS. The van der Waals surface area contributed by atoms with Crippen LogP contribution in [0.3, 0.4) is 0 Å². The highest BCUT2D eigenvalue weighted by molar-refractivity contribution is 7.99. The predicted molar refractivity (Wildman–Crippen MR) is 37.0 cm³/mol. The molecule has 0 saturated carbocycles. The third-order valence-corrected chi connectivity index (χ3v) is 2.05. The molecule has 2 nitrogen and oxygen atoms in total. The van der Waals surface area contributed by atoms with Gasteiger partial charge in [-0.25, -0.2) is 0 Å². The van der Waals surface area contributed by atoms with Gasteiger partial charge in [-0.1, -0.05) is 0 Å². The van der Waals surface area contributed by atoms with Crippen molar-refractivity contribution in [1.29, 1.82) is 0 Å². The SMILES string of the molecule is CSC(CN)C(C)=O. The fourth-order valence-corrected chi connectivity index (χ4v) is 0.953. The van der Waals surface area contributed by atoms with Crippen LogP contribution in [0.2, 0.25) is 0 Å². The first-order chi connectivity index (χ1) is 3.72. The zero-order chi connectivity index (χ0) is 6.57. The van der Waals surface area contributed by atoms with Crippen molar-refractivity contribution in [1.82, 2.24) is 0 Å². The smallest absolute Gasteiger partial charge is 0.144 e. The molecule has 0 aliphatic heterocycles. The Bertz CT molecular complexity index is 80.5. The highest BCUT2D eigenvalue weighted by Crippen LogP contribution is 2.03. The van der Waals surface area contributed by atoms with Gasteiger partial charge in [0.2, 0.25) is 0 Å². The number of hydrogen-bond acceptors (Lipinski definition) is 3. The van der Waals surface area contributed by atoms with Gasteiger partial charge in [0, 0.05) is 6.54 Å². The van der Waals surface area contributed by atoms with E-state index in [1.807, 2.05) is 6.26 Å². The summed E-state index contributed by atoms with van der Waals surface area (Å²) in [6, 6.07) is 0. The Hall–Kier alpha value is -0.0200. The monoisotopic (exact) mass is 133 g/mol. The van der Waals surface area contributed by atoms with E-state index in [0.29, 0.717) is 6.54 Å². The zero-order valence-electron chi connectivity index (χ0n) is 5.18. The van der Waals surface area contributed by atoms with Crippen LogP contribution in [0, 0.1) is 0 Å². The molecule has 8 heavy (non-hydrogen) atoms. The van der Waals surface area contributed by atoms with Gasteiger partial charge in [-0.05, 0) is 13.2 Å². The van der Waals surface area contributed by atoms with Crippen molar-refractivity contribution in [2.45, 2.75) is 12.2 Å². The first kappa shape index (κ1) is 7.98. The van der Waals surface area contributed by atoms with Crippen LogP contribution < -0.4 is 5.73 Å². The maximum absolute atomic E-state index is 10.5. The van der Waals surface area contributed by atoms with E-state index in [-0.39, 0.29) is 11.0 Å². The van der Waals surface area contributed by atoms with E-state index >= 15 is 0 Å². The lowest BCUT2D eigenvalue weighted by atomic mass is 10.3. The van der Waals surface area contributed by atoms with Crippen molar-refractivity contribution >= 4 is 17.5 Å². The molecule has 0 heterocycles. The molecule has 0 saturated heterocycles. The Balaban J connectivity index is 3.52. The number of carbonyl (C=O) groups excluding carboxylic acids is 1. The summed E-state index contributed by atoms with van der Waals surface area (Å²) in [6.45, 7) is 2.02. The van der Waals surface area contributed by atoms with E-state index in [1.54, 1.807) is 6.92 Å². The van der Waals surface area contributed by atoms with Gasteiger partial charge in [-0.15, -0.1) is 0 Å². The van der Waals surface area contributed by atoms with E-state index in [0.717, 1.165) is 0 Å². The van der Waals surface area contributed by atoms with Crippen LogP contribution in [0.15, 0.2) is 0 Å². The van der Waals surface area contributed by atoms with Gasteiger partial charge >= 0.3 is 0 Å². The molecule has 1 atom stereocenters. The van der Waals surface area contributed by atoms with Gasteiger partial charge in [0.1, 0.15) is 5.78 Å². The Labute approximate surface area is 53.8 Å². The van der Waals surface area contributed by atoms with Gasteiger partial charge in [0.25, 0.3) is 0 Å². The molecule has 0 spiro atoms. The second kappa shape index (κ2) is 3.92. The Morgan fingerprint density at radius 2 is 2.38 bits per heavy atom. The minimum absolute atomic E-state index is 0.00926. The molecule has 0 aliphatic carbocycles. The molecule has 0 fully saturated rings. The summed E-state index contributed by atoms with van der Waals surface area (Å²) in [5, 5.41) is 0.00926. The fourth-order valence-electron chi connectivity index (χ4n) is 0.428. The number of hydrogen-bond donors (Lipinski definition) is 1. The summed E-state index contributed by atoms with van der Waals surface area (Å²) >= 11 is 1.50. The molecule has 0 aromatic heterocycles. The second-order valence-electron chi connectivity index (χ2n) is 1.57. The molecule has 0 radical (unpaired) electrons. The van der Waals surface area contributed by atoms with Crippen LogP contribution in [-0.2, 0) is 4.79 Å². The lowest BCUT2D eigenvalue weighted by molar-refractivity contribution is -0.116.